The van der Waals surface area contributed by atoms with Crippen LogP contribution in [0, 0.1) is 0 Å². The molecule has 3 aromatic rings. The van der Waals surface area contributed by atoms with Gasteiger partial charge in [-0.25, -0.2) is 4.98 Å². The van der Waals surface area contributed by atoms with E-state index >= 15 is 0 Å². The van der Waals surface area contributed by atoms with Crippen molar-refractivity contribution in [3.05, 3.63) is 63.0 Å². The second kappa shape index (κ2) is 7.86. The Hall–Kier alpha value is -1.50. The second-order valence-electron chi connectivity index (χ2n) is 6.60. The Kier molecular flexibility index (Phi) is 5.48. The van der Waals surface area contributed by atoms with Gasteiger partial charge in [0.15, 0.2) is 0 Å². The summed E-state index contributed by atoms with van der Waals surface area (Å²) in [5.41, 5.74) is 3.48. The summed E-state index contributed by atoms with van der Waals surface area (Å²) in [5, 5.41) is 11.8. The molecule has 0 saturated carbocycles. The topological polar surface area (TPSA) is 44.0 Å². The number of rotatable bonds is 4. The number of pyridine rings is 1. The largest absolute Gasteiger partial charge is 0.390 e. The van der Waals surface area contributed by atoms with Gasteiger partial charge in [0.05, 0.1) is 33.7 Å². The number of anilines is 1. The van der Waals surface area contributed by atoms with Crippen LogP contribution in [0.5, 0.6) is 0 Å². The van der Waals surface area contributed by atoms with E-state index in [0.717, 1.165) is 48.9 Å². The molecule has 142 valence electrons. The van der Waals surface area contributed by atoms with Gasteiger partial charge in [0.1, 0.15) is 5.65 Å². The van der Waals surface area contributed by atoms with E-state index in [-0.39, 0.29) is 6.61 Å². The van der Waals surface area contributed by atoms with Crippen molar-refractivity contribution in [1.82, 2.24) is 14.3 Å². The van der Waals surface area contributed by atoms with E-state index in [2.05, 4.69) is 14.8 Å². The molecule has 0 atom stereocenters. The predicted octanol–water partition coefficient (Wildman–Crippen LogP) is 4.11. The van der Waals surface area contributed by atoms with Gasteiger partial charge >= 0.3 is 0 Å². The van der Waals surface area contributed by atoms with Crippen LogP contribution < -0.4 is 4.90 Å². The van der Waals surface area contributed by atoms with Crippen LogP contribution in [-0.4, -0.2) is 45.6 Å². The molecule has 0 radical (unpaired) electrons. The van der Waals surface area contributed by atoms with Crippen LogP contribution in [0.1, 0.15) is 11.4 Å². The van der Waals surface area contributed by atoms with Crippen molar-refractivity contribution in [3.8, 4) is 0 Å². The van der Waals surface area contributed by atoms with Gasteiger partial charge < -0.3 is 10.0 Å². The van der Waals surface area contributed by atoms with Crippen LogP contribution in [0.15, 0.2) is 36.5 Å². The number of nitrogens with zero attached hydrogens (tertiary/aromatic N) is 4. The number of benzene rings is 1. The van der Waals surface area contributed by atoms with Gasteiger partial charge in [0.25, 0.3) is 0 Å². The molecule has 1 aliphatic heterocycles. The lowest BCUT2D eigenvalue weighted by Gasteiger charge is -2.36. The molecule has 0 amide bonds. The summed E-state index contributed by atoms with van der Waals surface area (Å²) in [4.78, 5) is 9.28. The van der Waals surface area contributed by atoms with Gasteiger partial charge in [-0.2, -0.15) is 0 Å². The average Bonchev–Trinajstić information content (AvgIpc) is 2.99. The summed E-state index contributed by atoms with van der Waals surface area (Å²) < 4.78 is 1.86. The highest BCUT2D eigenvalue weighted by Gasteiger charge is 2.21. The highest BCUT2D eigenvalue weighted by atomic mass is 35.5. The number of hydrogen-bond donors (Lipinski definition) is 1. The quantitative estimate of drug-likeness (QED) is 0.683. The Morgan fingerprint density at radius 2 is 1.70 bits per heavy atom. The summed E-state index contributed by atoms with van der Waals surface area (Å²) >= 11 is 18.4. The van der Waals surface area contributed by atoms with Crippen molar-refractivity contribution in [2.24, 2.45) is 0 Å². The zero-order valence-corrected chi connectivity index (χ0v) is 16.8. The zero-order valence-electron chi connectivity index (χ0n) is 14.6. The Balaban J connectivity index is 1.47. The lowest BCUT2D eigenvalue weighted by molar-refractivity contribution is 0.239. The molecular weight excluding hydrogens is 407 g/mol. The molecule has 1 fully saturated rings. The normalized spacial score (nSPS) is 15.6. The molecule has 27 heavy (non-hydrogen) atoms. The number of fused-ring (bicyclic) bond motifs is 1. The molecule has 4 rings (SSSR count). The first-order valence-corrected chi connectivity index (χ1v) is 9.87. The first-order chi connectivity index (χ1) is 13.0. The maximum Gasteiger partial charge on any atom is 0.137 e. The monoisotopic (exact) mass is 424 g/mol. The molecule has 1 aliphatic rings. The van der Waals surface area contributed by atoms with Crippen LogP contribution in [-0.2, 0) is 13.2 Å². The number of aliphatic hydroxyl groups excluding tert-OH is 1. The van der Waals surface area contributed by atoms with Crippen molar-refractivity contribution in [3.63, 3.8) is 0 Å². The molecule has 1 aromatic carbocycles. The molecule has 1 N–H and O–H groups in total. The van der Waals surface area contributed by atoms with E-state index in [1.54, 1.807) is 12.3 Å². The Morgan fingerprint density at radius 3 is 2.41 bits per heavy atom. The number of aliphatic hydroxyl groups is 1. The van der Waals surface area contributed by atoms with Gasteiger partial charge in [0.2, 0.25) is 0 Å². The molecule has 8 heteroatoms. The summed E-state index contributed by atoms with van der Waals surface area (Å²) in [6.45, 7) is 4.13. The standard InChI is InChI=1S/C19H19Cl3N4O/c20-13-1-3-17(15(22)9-13)25-7-5-24(6-8-25)11-16-18(12-27)26-10-14(21)2-4-19(26)23-16/h1-4,9-10,27H,5-8,11-12H2. The second-order valence-corrected chi connectivity index (χ2v) is 7.88. The lowest BCUT2D eigenvalue weighted by Crippen LogP contribution is -2.46. The highest BCUT2D eigenvalue weighted by molar-refractivity contribution is 6.36. The molecule has 5 nitrogen and oxygen atoms in total. The molecule has 0 aliphatic carbocycles. The summed E-state index contributed by atoms with van der Waals surface area (Å²) in [6, 6.07) is 9.29. The molecular formula is C19H19Cl3N4O. The van der Waals surface area contributed by atoms with E-state index < -0.39 is 0 Å². The smallest absolute Gasteiger partial charge is 0.137 e. The fourth-order valence-electron chi connectivity index (χ4n) is 3.51. The van der Waals surface area contributed by atoms with Gasteiger partial charge in [-0.15, -0.1) is 0 Å². The van der Waals surface area contributed by atoms with Gasteiger partial charge in [-0.1, -0.05) is 34.8 Å². The minimum absolute atomic E-state index is 0.0722. The number of hydrogen-bond acceptors (Lipinski definition) is 4. The first kappa shape index (κ1) is 18.8. The molecule has 1 saturated heterocycles. The van der Waals surface area contributed by atoms with Crippen LogP contribution in [0.2, 0.25) is 15.1 Å². The highest BCUT2D eigenvalue weighted by Crippen LogP contribution is 2.29. The molecule has 0 bridgehead atoms. The third kappa shape index (κ3) is 3.89. The fourth-order valence-corrected chi connectivity index (χ4v) is 4.20. The molecule has 2 aromatic heterocycles. The Labute approximate surface area is 172 Å². The van der Waals surface area contributed by atoms with Crippen LogP contribution >= 0.6 is 34.8 Å². The van der Waals surface area contributed by atoms with E-state index in [1.807, 2.05) is 28.7 Å². The van der Waals surface area contributed by atoms with Crippen LogP contribution in [0.25, 0.3) is 5.65 Å². The van der Waals surface area contributed by atoms with E-state index in [1.165, 1.54) is 0 Å². The van der Waals surface area contributed by atoms with Gasteiger partial charge in [-0.3, -0.25) is 9.30 Å². The average molecular weight is 426 g/mol. The van der Waals surface area contributed by atoms with Crippen molar-refractivity contribution in [1.29, 1.82) is 0 Å². The van der Waals surface area contributed by atoms with Crippen LogP contribution in [0.4, 0.5) is 5.69 Å². The number of halogens is 3. The zero-order chi connectivity index (χ0) is 19.0. The van der Waals surface area contributed by atoms with Crippen molar-refractivity contribution in [2.75, 3.05) is 31.1 Å². The number of piperazine rings is 1. The molecule has 3 heterocycles. The Bertz CT molecular complexity index is 967. The van der Waals surface area contributed by atoms with E-state index in [9.17, 15) is 5.11 Å². The van der Waals surface area contributed by atoms with Crippen LogP contribution in [0.3, 0.4) is 0 Å². The first-order valence-electron chi connectivity index (χ1n) is 8.74. The van der Waals surface area contributed by atoms with Crippen molar-refractivity contribution < 1.29 is 5.11 Å². The maximum absolute atomic E-state index is 9.81. The summed E-state index contributed by atoms with van der Waals surface area (Å²) in [6.07, 6.45) is 1.79. The van der Waals surface area contributed by atoms with Gasteiger partial charge in [-0.05, 0) is 30.3 Å². The summed E-state index contributed by atoms with van der Waals surface area (Å²) in [5.74, 6) is 0. The van der Waals surface area contributed by atoms with Crippen molar-refractivity contribution in [2.45, 2.75) is 13.2 Å². The minimum Gasteiger partial charge on any atom is -0.390 e. The number of imidazole rings is 1. The SMILES string of the molecule is OCc1c(CN2CCN(c3ccc(Cl)cc3Cl)CC2)nc2ccc(Cl)cn12. The molecule has 0 unspecified atom stereocenters. The minimum atomic E-state index is -0.0722. The Morgan fingerprint density at radius 1 is 0.963 bits per heavy atom. The summed E-state index contributed by atoms with van der Waals surface area (Å²) in [7, 11) is 0. The fraction of sp³-hybridized carbons (Fsp3) is 0.316. The third-order valence-electron chi connectivity index (χ3n) is 4.91. The third-order valence-corrected chi connectivity index (χ3v) is 5.67. The molecule has 0 spiro atoms. The lowest BCUT2D eigenvalue weighted by atomic mass is 10.2. The van der Waals surface area contributed by atoms with Crippen molar-refractivity contribution >= 4 is 46.1 Å². The van der Waals surface area contributed by atoms with E-state index in [4.69, 9.17) is 34.8 Å². The predicted molar refractivity (Wildman–Crippen MR) is 110 cm³/mol. The van der Waals surface area contributed by atoms with Gasteiger partial charge in [0, 0.05) is 43.9 Å². The maximum atomic E-state index is 9.81. The van der Waals surface area contributed by atoms with E-state index in [0.29, 0.717) is 21.6 Å². The number of aromatic nitrogens is 2.